The number of aliphatic hydroxyl groups is 2. The van der Waals surface area contributed by atoms with Crippen LogP contribution >= 0.6 is 11.8 Å². The maximum Gasteiger partial charge on any atom is 0.148 e. The van der Waals surface area contributed by atoms with Gasteiger partial charge in [0.25, 0.3) is 0 Å². The first-order chi connectivity index (χ1) is 15.6. The number of nitrogens with zero attached hydrogens (tertiary/aromatic N) is 3. The van der Waals surface area contributed by atoms with Crippen molar-refractivity contribution in [2.45, 2.75) is 35.5 Å². The van der Waals surface area contributed by atoms with Gasteiger partial charge in [0.2, 0.25) is 0 Å². The number of nitrogen functional groups attached to an aromatic ring is 1. The SMILES string of the molecule is Nc1ncnc2c1c(-c1ccc(SCc3ccccc3)cc1)cn2[C@H]1C[C@H](O)[C@@H](CO)O1. The van der Waals surface area contributed by atoms with Gasteiger partial charge in [0.15, 0.2) is 0 Å². The topological polar surface area (TPSA) is 106 Å². The second kappa shape index (κ2) is 8.91. The van der Waals surface area contributed by atoms with Crippen LogP contribution in [-0.2, 0) is 10.5 Å². The average molecular weight is 449 g/mol. The molecule has 8 heteroatoms. The Morgan fingerprint density at radius 1 is 1.09 bits per heavy atom. The predicted molar refractivity (Wildman–Crippen MR) is 125 cm³/mol. The minimum Gasteiger partial charge on any atom is -0.394 e. The van der Waals surface area contributed by atoms with Crippen LogP contribution in [0.3, 0.4) is 0 Å². The fourth-order valence-corrected chi connectivity index (χ4v) is 4.92. The van der Waals surface area contributed by atoms with E-state index in [1.807, 2.05) is 16.8 Å². The summed E-state index contributed by atoms with van der Waals surface area (Å²) < 4.78 is 7.73. The maximum atomic E-state index is 10.2. The Labute approximate surface area is 189 Å². The van der Waals surface area contributed by atoms with Crippen LogP contribution < -0.4 is 5.73 Å². The molecule has 0 spiro atoms. The van der Waals surface area contributed by atoms with Gasteiger partial charge in [-0.15, -0.1) is 11.8 Å². The summed E-state index contributed by atoms with van der Waals surface area (Å²) in [6.07, 6.45) is 1.96. The number of benzene rings is 2. The van der Waals surface area contributed by atoms with Crippen LogP contribution in [0.4, 0.5) is 5.82 Å². The highest BCUT2D eigenvalue weighted by atomic mass is 32.2. The highest BCUT2D eigenvalue weighted by molar-refractivity contribution is 7.98. The average Bonchev–Trinajstić information content (AvgIpc) is 3.40. The van der Waals surface area contributed by atoms with Gasteiger partial charge in [0.1, 0.15) is 30.1 Å². The van der Waals surface area contributed by atoms with Crippen LogP contribution in [0.2, 0.25) is 0 Å². The van der Waals surface area contributed by atoms with Crippen LogP contribution in [0.1, 0.15) is 18.2 Å². The van der Waals surface area contributed by atoms with Crippen molar-refractivity contribution in [1.29, 1.82) is 0 Å². The quantitative estimate of drug-likeness (QED) is 0.387. The maximum absolute atomic E-state index is 10.2. The number of aromatic nitrogens is 3. The zero-order chi connectivity index (χ0) is 22.1. The first-order valence-corrected chi connectivity index (χ1v) is 11.4. The van der Waals surface area contributed by atoms with E-state index in [2.05, 4.69) is 58.5 Å². The number of hydrogen-bond acceptors (Lipinski definition) is 7. The summed E-state index contributed by atoms with van der Waals surface area (Å²) >= 11 is 1.79. The molecule has 0 saturated carbocycles. The fraction of sp³-hybridized carbons (Fsp3) is 0.250. The molecule has 5 rings (SSSR count). The van der Waals surface area contributed by atoms with Crippen molar-refractivity contribution in [3.8, 4) is 11.1 Å². The molecule has 3 heterocycles. The molecule has 0 unspecified atom stereocenters. The molecule has 1 aliphatic heterocycles. The van der Waals surface area contributed by atoms with E-state index in [0.717, 1.165) is 22.3 Å². The lowest BCUT2D eigenvalue weighted by molar-refractivity contribution is -0.0430. The summed E-state index contributed by atoms with van der Waals surface area (Å²) in [4.78, 5) is 9.79. The van der Waals surface area contributed by atoms with E-state index in [9.17, 15) is 10.2 Å². The lowest BCUT2D eigenvalue weighted by Gasteiger charge is -2.14. The summed E-state index contributed by atoms with van der Waals surface area (Å²) in [5, 5.41) is 20.4. The molecule has 0 amide bonds. The molecule has 2 aromatic heterocycles. The molecule has 3 atom stereocenters. The minimum absolute atomic E-state index is 0.233. The standard InChI is InChI=1S/C24H24N4O3S/c25-23-22-18(16-6-8-17(9-7-16)32-13-15-4-2-1-3-5-15)11-28(24(22)27-14-26-23)21-10-19(30)20(12-29)31-21/h1-9,11,14,19-21,29-30H,10,12-13H2,(H2,25,26,27)/t19-,20+,21+/m0/s1. The Balaban J connectivity index is 1.45. The third kappa shape index (κ3) is 3.98. The van der Waals surface area contributed by atoms with Crippen LogP contribution in [0.15, 0.2) is 72.0 Å². The number of thioether (sulfide) groups is 1. The van der Waals surface area contributed by atoms with Gasteiger partial charge in [-0.2, -0.15) is 0 Å². The third-order valence-corrected chi connectivity index (χ3v) is 6.83. The van der Waals surface area contributed by atoms with Gasteiger partial charge >= 0.3 is 0 Å². The fourth-order valence-electron chi connectivity index (χ4n) is 4.07. The summed E-state index contributed by atoms with van der Waals surface area (Å²) in [5.41, 5.74) is 10.1. The summed E-state index contributed by atoms with van der Waals surface area (Å²) in [6.45, 7) is -0.233. The number of rotatable bonds is 6. The number of anilines is 1. The normalized spacial score (nSPS) is 20.8. The molecule has 7 nitrogen and oxygen atoms in total. The Hall–Kier alpha value is -2.91. The predicted octanol–water partition coefficient (Wildman–Crippen LogP) is 3.61. The van der Waals surface area contributed by atoms with Crippen LogP contribution in [0.5, 0.6) is 0 Å². The van der Waals surface area contributed by atoms with E-state index in [1.54, 1.807) is 11.8 Å². The summed E-state index contributed by atoms with van der Waals surface area (Å²) in [6, 6.07) is 18.7. The van der Waals surface area contributed by atoms with Crippen molar-refractivity contribution in [3.05, 3.63) is 72.7 Å². The highest BCUT2D eigenvalue weighted by Gasteiger charge is 2.35. The Bertz CT molecular complexity index is 1210. The second-order valence-electron chi connectivity index (χ2n) is 7.82. The van der Waals surface area contributed by atoms with Crippen molar-refractivity contribution >= 4 is 28.6 Å². The molecule has 1 aliphatic rings. The number of hydrogen-bond donors (Lipinski definition) is 3. The Morgan fingerprint density at radius 3 is 2.59 bits per heavy atom. The molecular formula is C24H24N4O3S. The highest BCUT2D eigenvalue weighted by Crippen LogP contribution is 2.38. The lowest BCUT2D eigenvalue weighted by atomic mass is 10.1. The first-order valence-electron chi connectivity index (χ1n) is 10.5. The lowest BCUT2D eigenvalue weighted by Crippen LogP contribution is -2.24. The molecule has 4 aromatic rings. The summed E-state index contributed by atoms with van der Waals surface area (Å²) in [7, 11) is 0. The second-order valence-corrected chi connectivity index (χ2v) is 8.87. The number of aliphatic hydroxyl groups excluding tert-OH is 2. The van der Waals surface area contributed by atoms with E-state index in [0.29, 0.717) is 17.9 Å². The molecule has 1 saturated heterocycles. The Morgan fingerprint density at radius 2 is 1.88 bits per heavy atom. The third-order valence-electron chi connectivity index (χ3n) is 5.75. The first kappa shape index (κ1) is 21.0. The van der Waals surface area contributed by atoms with Gasteiger partial charge in [-0.25, -0.2) is 9.97 Å². The van der Waals surface area contributed by atoms with E-state index in [-0.39, 0.29) is 6.61 Å². The van der Waals surface area contributed by atoms with Gasteiger partial charge in [-0.1, -0.05) is 42.5 Å². The smallest absolute Gasteiger partial charge is 0.148 e. The van der Waals surface area contributed by atoms with Gasteiger partial charge < -0.3 is 25.3 Å². The molecule has 1 fully saturated rings. The van der Waals surface area contributed by atoms with Crippen molar-refractivity contribution in [2.75, 3.05) is 12.3 Å². The van der Waals surface area contributed by atoms with Gasteiger partial charge in [-0.05, 0) is 23.3 Å². The van der Waals surface area contributed by atoms with Gasteiger partial charge in [-0.3, -0.25) is 0 Å². The van der Waals surface area contributed by atoms with Crippen molar-refractivity contribution < 1.29 is 14.9 Å². The van der Waals surface area contributed by atoms with E-state index in [4.69, 9.17) is 10.5 Å². The molecule has 0 bridgehead atoms. The van der Waals surface area contributed by atoms with Crippen LogP contribution in [-0.4, -0.2) is 43.6 Å². The zero-order valence-electron chi connectivity index (χ0n) is 17.3. The minimum atomic E-state index is -0.731. The number of ether oxygens (including phenoxy) is 1. The largest absolute Gasteiger partial charge is 0.394 e. The van der Waals surface area contributed by atoms with Crippen molar-refractivity contribution in [3.63, 3.8) is 0 Å². The zero-order valence-corrected chi connectivity index (χ0v) is 18.2. The number of nitrogens with two attached hydrogens (primary N) is 1. The van der Waals surface area contributed by atoms with Crippen LogP contribution in [0.25, 0.3) is 22.2 Å². The van der Waals surface area contributed by atoms with Crippen molar-refractivity contribution in [2.24, 2.45) is 0 Å². The van der Waals surface area contributed by atoms with E-state index >= 15 is 0 Å². The molecule has 164 valence electrons. The van der Waals surface area contributed by atoms with E-state index < -0.39 is 18.4 Å². The molecule has 0 aliphatic carbocycles. The van der Waals surface area contributed by atoms with Crippen molar-refractivity contribution in [1.82, 2.24) is 14.5 Å². The number of fused-ring (bicyclic) bond motifs is 1. The molecule has 4 N–H and O–H groups in total. The molecule has 32 heavy (non-hydrogen) atoms. The van der Waals surface area contributed by atoms with Gasteiger partial charge in [0, 0.05) is 28.8 Å². The molecule has 0 radical (unpaired) electrons. The monoisotopic (exact) mass is 448 g/mol. The van der Waals surface area contributed by atoms with Gasteiger partial charge in [0.05, 0.1) is 18.1 Å². The Kier molecular flexibility index (Phi) is 5.84. The molecular weight excluding hydrogens is 424 g/mol. The molecule has 2 aromatic carbocycles. The van der Waals surface area contributed by atoms with E-state index in [1.165, 1.54) is 16.8 Å². The van der Waals surface area contributed by atoms with Crippen LogP contribution in [0, 0.1) is 0 Å². The summed E-state index contributed by atoms with van der Waals surface area (Å²) in [5.74, 6) is 1.30.